The molecule has 0 saturated carbocycles. The summed E-state index contributed by atoms with van der Waals surface area (Å²) >= 11 is 2.21. The van der Waals surface area contributed by atoms with Gasteiger partial charge in [-0.2, -0.15) is 0 Å². The van der Waals surface area contributed by atoms with Gasteiger partial charge < -0.3 is 15.0 Å². The number of amides is 2. The molecule has 0 aliphatic rings. The Bertz CT molecular complexity index is 942. The van der Waals surface area contributed by atoms with Gasteiger partial charge in [-0.05, 0) is 83.3 Å². The lowest BCUT2D eigenvalue weighted by molar-refractivity contribution is -0.118. The Labute approximate surface area is 177 Å². The van der Waals surface area contributed by atoms with Crippen LogP contribution >= 0.6 is 22.6 Å². The van der Waals surface area contributed by atoms with Crippen LogP contribution in [-0.2, 0) is 4.79 Å². The maximum atomic E-state index is 12.5. The van der Waals surface area contributed by atoms with E-state index in [-0.39, 0.29) is 18.4 Å². The molecule has 0 heterocycles. The number of carbonyl (C=O) groups excluding carboxylic acids is 2. The normalized spacial score (nSPS) is 10.2. The minimum Gasteiger partial charge on any atom is -0.484 e. The first-order chi connectivity index (χ1) is 13.5. The van der Waals surface area contributed by atoms with Crippen molar-refractivity contribution in [3.8, 4) is 5.75 Å². The zero-order chi connectivity index (χ0) is 19.9. The van der Waals surface area contributed by atoms with Crippen molar-refractivity contribution in [3.63, 3.8) is 0 Å². The third-order valence-corrected chi connectivity index (χ3v) is 4.77. The number of nitrogens with zero attached hydrogens (tertiary/aromatic N) is 1. The molecule has 0 saturated heterocycles. The van der Waals surface area contributed by atoms with Gasteiger partial charge in [0, 0.05) is 27.6 Å². The highest BCUT2D eigenvalue weighted by Gasteiger charge is 2.13. The van der Waals surface area contributed by atoms with Gasteiger partial charge in [0.15, 0.2) is 6.61 Å². The minimum atomic E-state index is -0.235. The van der Waals surface area contributed by atoms with E-state index in [1.807, 2.05) is 42.5 Å². The highest BCUT2D eigenvalue weighted by Crippen LogP contribution is 2.20. The zero-order valence-corrected chi connectivity index (χ0v) is 17.4. The molecule has 0 spiro atoms. The van der Waals surface area contributed by atoms with E-state index in [0.29, 0.717) is 11.3 Å². The second kappa shape index (κ2) is 9.36. The zero-order valence-electron chi connectivity index (χ0n) is 15.3. The van der Waals surface area contributed by atoms with Crippen molar-refractivity contribution in [1.29, 1.82) is 0 Å². The second-order valence-electron chi connectivity index (χ2n) is 6.07. The van der Waals surface area contributed by atoms with Crippen molar-refractivity contribution in [2.45, 2.75) is 0 Å². The predicted molar refractivity (Wildman–Crippen MR) is 119 cm³/mol. The smallest absolute Gasteiger partial charge is 0.262 e. The van der Waals surface area contributed by atoms with E-state index >= 15 is 0 Å². The summed E-state index contributed by atoms with van der Waals surface area (Å²) < 4.78 is 6.63. The molecule has 3 rings (SSSR count). The largest absolute Gasteiger partial charge is 0.484 e. The number of carbonyl (C=O) groups is 2. The molecule has 0 aliphatic heterocycles. The summed E-state index contributed by atoms with van der Waals surface area (Å²) in [6, 6.07) is 23.7. The summed E-state index contributed by atoms with van der Waals surface area (Å²) in [4.78, 5) is 26.1. The Morgan fingerprint density at radius 1 is 0.929 bits per heavy atom. The number of hydrogen-bond donors (Lipinski definition) is 1. The molecule has 0 aliphatic carbocycles. The maximum Gasteiger partial charge on any atom is 0.262 e. The van der Waals surface area contributed by atoms with E-state index in [9.17, 15) is 9.59 Å². The van der Waals surface area contributed by atoms with Crippen LogP contribution in [0.25, 0.3) is 0 Å². The average Bonchev–Trinajstić information content (AvgIpc) is 2.74. The van der Waals surface area contributed by atoms with Gasteiger partial charge in [-0.25, -0.2) is 0 Å². The van der Waals surface area contributed by atoms with Crippen LogP contribution in [0.4, 0.5) is 11.4 Å². The van der Waals surface area contributed by atoms with Crippen LogP contribution in [0, 0.1) is 3.57 Å². The number of benzene rings is 3. The van der Waals surface area contributed by atoms with Crippen LogP contribution in [0.5, 0.6) is 5.75 Å². The summed E-state index contributed by atoms with van der Waals surface area (Å²) in [5.74, 6) is 0.231. The fraction of sp³-hybridized carbons (Fsp3) is 0.0909. The van der Waals surface area contributed by atoms with Crippen molar-refractivity contribution in [2.75, 3.05) is 23.9 Å². The van der Waals surface area contributed by atoms with E-state index in [1.165, 1.54) is 0 Å². The molecule has 0 bridgehead atoms. The van der Waals surface area contributed by atoms with Gasteiger partial charge in [-0.1, -0.05) is 18.2 Å². The Balaban J connectivity index is 1.54. The summed E-state index contributed by atoms with van der Waals surface area (Å²) in [5.41, 5.74) is 2.09. The van der Waals surface area contributed by atoms with Crippen molar-refractivity contribution < 1.29 is 14.3 Å². The molecule has 0 radical (unpaired) electrons. The van der Waals surface area contributed by atoms with Crippen LogP contribution < -0.4 is 15.0 Å². The van der Waals surface area contributed by atoms with Gasteiger partial charge in [0.1, 0.15) is 5.75 Å². The molecular weight excluding hydrogens is 467 g/mol. The summed E-state index contributed by atoms with van der Waals surface area (Å²) in [5, 5.41) is 2.78. The van der Waals surface area contributed by atoms with Crippen LogP contribution in [0.2, 0.25) is 0 Å². The molecule has 0 atom stereocenters. The number of nitrogens with one attached hydrogen (secondary N) is 1. The van der Waals surface area contributed by atoms with Gasteiger partial charge in [0.2, 0.25) is 0 Å². The van der Waals surface area contributed by atoms with E-state index in [1.54, 1.807) is 48.3 Å². The predicted octanol–water partition coefficient (Wildman–Crippen LogP) is 4.59. The van der Waals surface area contributed by atoms with Gasteiger partial charge >= 0.3 is 0 Å². The molecule has 0 fully saturated rings. The number of ether oxygens (including phenoxy) is 1. The minimum absolute atomic E-state index is 0.0915. The summed E-state index contributed by atoms with van der Waals surface area (Å²) in [6.45, 7) is -0.0931. The van der Waals surface area contributed by atoms with Gasteiger partial charge in [-0.3, -0.25) is 9.59 Å². The molecule has 142 valence electrons. The van der Waals surface area contributed by atoms with Crippen molar-refractivity contribution in [1.82, 2.24) is 0 Å². The summed E-state index contributed by atoms with van der Waals surface area (Å²) in [6.07, 6.45) is 0. The molecule has 28 heavy (non-hydrogen) atoms. The van der Waals surface area contributed by atoms with Gasteiger partial charge in [0.05, 0.1) is 0 Å². The first-order valence-corrected chi connectivity index (χ1v) is 9.72. The Hall–Kier alpha value is -2.87. The van der Waals surface area contributed by atoms with E-state index in [2.05, 4.69) is 27.9 Å². The monoisotopic (exact) mass is 486 g/mol. The average molecular weight is 486 g/mol. The standard InChI is InChI=1S/C22H19IN2O3/c1-25(22(27)16-5-3-2-4-6-16)19-11-13-20(14-12-19)28-15-21(26)24-18-9-7-17(23)8-10-18/h2-14H,15H2,1H3,(H,24,26). The lowest BCUT2D eigenvalue weighted by atomic mass is 10.2. The number of halogens is 1. The number of anilines is 2. The molecule has 5 nitrogen and oxygen atoms in total. The molecule has 0 aromatic heterocycles. The molecule has 2 amide bonds. The molecule has 6 heteroatoms. The van der Waals surface area contributed by atoms with Crippen molar-refractivity contribution in [3.05, 3.63) is 88.0 Å². The topological polar surface area (TPSA) is 58.6 Å². The maximum absolute atomic E-state index is 12.5. The second-order valence-corrected chi connectivity index (χ2v) is 7.31. The van der Waals surface area contributed by atoms with Crippen LogP contribution in [-0.4, -0.2) is 25.5 Å². The lowest BCUT2D eigenvalue weighted by Gasteiger charge is -2.18. The first-order valence-electron chi connectivity index (χ1n) is 8.64. The van der Waals surface area contributed by atoms with E-state index < -0.39 is 0 Å². The van der Waals surface area contributed by atoms with Crippen LogP contribution in [0.3, 0.4) is 0 Å². The lowest BCUT2D eigenvalue weighted by Crippen LogP contribution is -2.26. The Morgan fingerprint density at radius 2 is 1.57 bits per heavy atom. The Morgan fingerprint density at radius 3 is 2.21 bits per heavy atom. The van der Waals surface area contributed by atoms with Gasteiger partial charge in [-0.15, -0.1) is 0 Å². The molecule has 0 unspecified atom stereocenters. The molecule has 3 aromatic carbocycles. The third-order valence-electron chi connectivity index (χ3n) is 4.05. The third kappa shape index (κ3) is 5.32. The van der Waals surface area contributed by atoms with Gasteiger partial charge in [0.25, 0.3) is 11.8 Å². The van der Waals surface area contributed by atoms with Crippen molar-refractivity contribution >= 4 is 45.8 Å². The highest BCUT2D eigenvalue weighted by atomic mass is 127. The van der Waals surface area contributed by atoms with Crippen LogP contribution in [0.1, 0.15) is 10.4 Å². The first kappa shape index (κ1) is 19.9. The highest BCUT2D eigenvalue weighted by molar-refractivity contribution is 14.1. The number of rotatable bonds is 6. The SMILES string of the molecule is CN(C(=O)c1ccccc1)c1ccc(OCC(=O)Nc2ccc(I)cc2)cc1. The molecule has 3 aromatic rings. The Kier molecular flexibility index (Phi) is 6.65. The fourth-order valence-electron chi connectivity index (χ4n) is 2.54. The number of hydrogen-bond acceptors (Lipinski definition) is 3. The van der Waals surface area contributed by atoms with E-state index in [0.717, 1.165) is 14.9 Å². The summed E-state index contributed by atoms with van der Waals surface area (Å²) in [7, 11) is 1.72. The van der Waals surface area contributed by atoms with Crippen LogP contribution in [0.15, 0.2) is 78.9 Å². The fourth-order valence-corrected chi connectivity index (χ4v) is 2.90. The van der Waals surface area contributed by atoms with Crippen molar-refractivity contribution in [2.24, 2.45) is 0 Å². The molecular formula is C22H19IN2O3. The van der Waals surface area contributed by atoms with E-state index in [4.69, 9.17) is 4.74 Å². The molecule has 1 N–H and O–H groups in total. The quantitative estimate of drug-likeness (QED) is 0.519.